The normalized spacial score (nSPS) is 18.7. The molecule has 0 saturated heterocycles. The van der Waals surface area contributed by atoms with Gasteiger partial charge >= 0.3 is 12.1 Å². The minimum Gasteiger partial charge on any atom is -0.480 e. The molecular weight excluding hydrogens is 261 g/mol. The van der Waals surface area contributed by atoms with Gasteiger partial charge in [0.25, 0.3) is 0 Å². The number of hydrogen-bond acceptors (Lipinski definition) is 3. The predicted octanol–water partition coefficient (Wildman–Crippen LogP) is 2.77. The van der Waals surface area contributed by atoms with Crippen LogP contribution in [0.25, 0.3) is 0 Å². The van der Waals surface area contributed by atoms with Gasteiger partial charge in [0.1, 0.15) is 11.4 Å². The van der Waals surface area contributed by atoms with Crippen LogP contribution in [0.5, 0.6) is 0 Å². The van der Waals surface area contributed by atoms with Crippen LogP contribution in [0.3, 0.4) is 0 Å². The van der Waals surface area contributed by atoms with E-state index in [2.05, 4.69) is 10.3 Å². The summed E-state index contributed by atoms with van der Waals surface area (Å²) in [4.78, 5) is 14.9. The van der Waals surface area contributed by atoms with Gasteiger partial charge in [0.05, 0.1) is 5.56 Å². The first-order valence-corrected chi connectivity index (χ1v) is 5.79. The molecule has 2 rings (SSSR count). The van der Waals surface area contributed by atoms with Gasteiger partial charge in [-0.25, -0.2) is 9.78 Å². The van der Waals surface area contributed by atoms with Crippen LogP contribution in [-0.4, -0.2) is 21.6 Å². The molecule has 1 aliphatic rings. The van der Waals surface area contributed by atoms with E-state index in [9.17, 15) is 23.1 Å². The predicted molar refractivity (Wildman–Crippen MR) is 61.6 cm³/mol. The van der Waals surface area contributed by atoms with Gasteiger partial charge in [0, 0.05) is 6.20 Å². The third kappa shape index (κ3) is 2.64. The molecule has 0 aliphatic heterocycles. The third-order valence-electron chi connectivity index (χ3n) is 3.33. The van der Waals surface area contributed by atoms with Gasteiger partial charge < -0.3 is 10.4 Å². The van der Waals surface area contributed by atoms with Crippen LogP contribution in [-0.2, 0) is 11.0 Å². The van der Waals surface area contributed by atoms with Crippen LogP contribution in [0.4, 0.5) is 19.0 Å². The van der Waals surface area contributed by atoms with Crippen molar-refractivity contribution in [1.29, 1.82) is 0 Å². The van der Waals surface area contributed by atoms with E-state index in [0.717, 1.165) is 6.07 Å². The summed E-state index contributed by atoms with van der Waals surface area (Å²) < 4.78 is 38.4. The Kier molecular flexibility index (Phi) is 3.15. The first kappa shape index (κ1) is 13.6. The number of rotatable bonds is 4. The zero-order chi connectivity index (χ0) is 14.3. The summed E-state index contributed by atoms with van der Waals surface area (Å²) in [6, 6.07) is 2.05. The number of pyridine rings is 1. The number of aliphatic carboxylic acids is 1. The minimum atomic E-state index is -4.57. The quantitative estimate of drug-likeness (QED) is 0.886. The van der Waals surface area contributed by atoms with E-state index >= 15 is 0 Å². The molecule has 1 aliphatic carbocycles. The molecular formula is C12H13F3N2O2. The fourth-order valence-corrected chi connectivity index (χ4v) is 1.97. The summed E-state index contributed by atoms with van der Waals surface area (Å²) >= 11 is 0. The summed E-state index contributed by atoms with van der Waals surface area (Å²) in [5.41, 5.74) is -2.38. The van der Waals surface area contributed by atoms with Crippen LogP contribution >= 0.6 is 0 Å². The molecule has 1 heterocycles. The van der Waals surface area contributed by atoms with E-state index in [1.165, 1.54) is 19.2 Å². The van der Waals surface area contributed by atoms with E-state index in [0.29, 0.717) is 12.8 Å². The van der Waals surface area contributed by atoms with E-state index in [1.54, 1.807) is 0 Å². The van der Waals surface area contributed by atoms with Crippen LogP contribution in [0, 0.1) is 5.92 Å². The molecule has 1 aromatic heterocycles. The van der Waals surface area contributed by atoms with Crippen molar-refractivity contribution < 1.29 is 23.1 Å². The molecule has 1 unspecified atom stereocenters. The van der Waals surface area contributed by atoms with Crippen LogP contribution in [0.2, 0.25) is 0 Å². The summed E-state index contributed by atoms with van der Waals surface area (Å²) in [7, 11) is 0. The van der Waals surface area contributed by atoms with Gasteiger partial charge in [-0.2, -0.15) is 13.2 Å². The Labute approximate surface area is 107 Å². The first-order valence-electron chi connectivity index (χ1n) is 5.79. The van der Waals surface area contributed by atoms with Gasteiger partial charge in [0.2, 0.25) is 0 Å². The number of hydrogen-bond donors (Lipinski definition) is 2. The maximum absolute atomic E-state index is 12.8. The van der Waals surface area contributed by atoms with E-state index in [4.69, 9.17) is 0 Å². The van der Waals surface area contributed by atoms with Crippen molar-refractivity contribution in [2.45, 2.75) is 31.5 Å². The van der Waals surface area contributed by atoms with E-state index in [-0.39, 0.29) is 5.92 Å². The third-order valence-corrected chi connectivity index (χ3v) is 3.33. The highest BCUT2D eigenvalue weighted by Gasteiger charge is 2.49. The molecule has 0 amide bonds. The topological polar surface area (TPSA) is 62.2 Å². The van der Waals surface area contributed by atoms with E-state index in [1.807, 2.05) is 0 Å². The molecule has 0 radical (unpaired) electrons. The van der Waals surface area contributed by atoms with Gasteiger partial charge in [-0.1, -0.05) is 0 Å². The lowest BCUT2D eigenvalue weighted by molar-refractivity contribution is -0.143. The number of carbonyl (C=O) groups is 1. The molecule has 19 heavy (non-hydrogen) atoms. The van der Waals surface area contributed by atoms with Crippen LogP contribution in [0.1, 0.15) is 25.3 Å². The highest BCUT2D eigenvalue weighted by molar-refractivity contribution is 5.83. The van der Waals surface area contributed by atoms with E-state index < -0.39 is 29.1 Å². The summed E-state index contributed by atoms with van der Waals surface area (Å²) in [5, 5.41) is 11.7. The largest absolute Gasteiger partial charge is 0.480 e. The maximum Gasteiger partial charge on any atom is 0.419 e. The second-order valence-corrected chi connectivity index (χ2v) is 4.80. The number of alkyl halides is 3. The number of aromatic nitrogens is 1. The lowest BCUT2D eigenvalue weighted by atomic mass is 9.95. The standard InChI is InChI=1S/C12H13F3N2O2/c1-11(10(18)19,7-4-5-7)17-9-8(12(13,14)15)3-2-6-16-9/h2-3,6-7H,4-5H2,1H3,(H,16,17)(H,18,19). The Bertz CT molecular complexity index is 500. The fraction of sp³-hybridized carbons (Fsp3) is 0.500. The van der Waals surface area contributed by atoms with Crippen molar-refractivity contribution in [3.05, 3.63) is 23.9 Å². The summed E-state index contributed by atoms with van der Waals surface area (Å²) in [6.07, 6.45) is -2.00. The molecule has 1 fully saturated rings. The number of carboxylic acid groups (broad SMARTS) is 1. The number of anilines is 1. The smallest absolute Gasteiger partial charge is 0.419 e. The lowest BCUT2D eigenvalue weighted by Crippen LogP contribution is -2.46. The van der Waals surface area contributed by atoms with Crippen molar-refractivity contribution in [3.63, 3.8) is 0 Å². The van der Waals surface area contributed by atoms with Crippen molar-refractivity contribution >= 4 is 11.8 Å². The van der Waals surface area contributed by atoms with Gasteiger partial charge in [-0.3, -0.25) is 0 Å². The average molecular weight is 274 g/mol. The Morgan fingerprint density at radius 2 is 2.11 bits per heavy atom. The van der Waals surface area contributed by atoms with Gasteiger partial charge in [-0.05, 0) is 37.8 Å². The minimum absolute atomic E-state index is 0.173. The van der Waals surface area contributed by atoms with Gasteiger partial charge in [-0.15, -0.1) is 0 Å². The summed E-state index contributed by atoms with van der Waals surface area (Å²) in [6.45, 7) is 1.39. The number of carboxylic acids is 1. The zero-order valence-corrected chi connectivity index (χ0v) is 10.2. The Balaban J connectivity index is 2.35. The number of halogens is 3. The highest BCUT2D eigenvalue weighted by atomic mass is 19.4. The molecule has 0 aromatic carbocycles. The molecule has 7 heteroatoms. The summed E-state index contributed by atoms with van der Waals surface area (Å²) in [5.74, 6) is -1.78. The second-order valence-electron chi connectivity index (χ2n) is 4.80. The van der Waals surface area contributed by atoms with Crippen molar-refractivity contribution in [1.82, 2.24) is 4.98 Å². The second kappa shape index (κ2) is 4.40. The van der Waals surface area contributed by atoms with Crippen molar-refractivity contribution in [2.24, 2.45) is 5.92 Å². The number of nitrogens with zero attached hydrogens (tertiary/aromatic N) is 1. The van der Waals surface area contributed by atoms with Crippen molar-refractivity contribution in [2.75, 3.05) is 5.32 Å². The lowest BCUT2D eigenvalue weighted by Gasteiger charge is -2.28. The SMILES string of the molecule is CC(Nc1ncccc1C(F)(F)F)(C(=O)O)C1CC1. The van der Waals surface area contributed by atoms with Gasteiger partial charge in [0.15, 0.2) is 0 Å². The molecule has 2 N–H and O–H groups in total. The van der Waals surface area contributed by atoms with Crippen LogP contribution in [0.15, 0.2) is 18.3 Å². The Morgan fingerprint density at radius 3 is 2.58 bits per heavy atom. The highest BCUT2D eigenvalue weighted by Crippen LogP contribution is 2.43. The van der Waals surface area contributed by atoms with Crippen LogP contribution < -0.4 is 5.32 Å². The molecule has 1 atom stereocenters. The zero-order valence-electron chi connectivity index (χ0n) is 10.2. The van der Waals surface area contributed by atoms with Crippen molar-refractivity contribution in [3.8, 4) is 0 Å². The Morgan fingerprint density at radius 1 is 1.47 bits per heavy atom. The molecule has 4 nitrogen and oxygen atoms in total. The fourth-order valence-electron chi connectivity index (χ4n) is 1.97. The Hall–Kier alpha value is -1.79. The molecule has 0 spiro atoms. The first-order chi connectivity index (χ1) is 8.75. The monoisotopic (exact) mass is 274 g/mol. The molecule has 1 saturated carbocycles. The average Bonchev–Trinajstić information content (AvgIpc) is 3.11. The maximum atomic E-state index is 12.8. The number of nitrogens with one attached hydrogen (secondary N) is 1. The molecule has 104 valence electrons. The molecule has 1 aromatic rings. The molecule has 0 bridgehead atoms.